The number of alkyl halides is 3. The molecular weight excluding hydrogens is 431 g/mol. The van der Waals surface area contributed by atoms with Crippen molar-refractivity contribution in [1.82, 2.24) is 5.32 Å². The van der Waals surface area contributed by atoms with Crippen LogP contribution >= 0.6 is 0 Å². The van der Waals surface area contributed by atoms with Gasteiger partial charge in [-0.25, -0.2) is 9.59 Å². The second kappa shape index (κ2) is 9.05. The number of hydrogen-bond donors (Lipinski definition) is 3. The lowest BCUT2D eigenvalue weighted by Gasteiger charge is -2.18. The SMILES string of the molecule is O=C(Nc1cccc(C(F)(F)F)c1)N[C@H]1CO[C@H]2[C@H]1OC[C@@H]2OC(=O)Nc1ccccc1. The molecule has 3 N–H and O–H groups in total. The summed E-state index contributed by atoms with van der Waals surface area (Å²) in [6.45, 7) is 0.191. The zero-order chi connectivity index (χ0) is 22.7. The molecule has 0 spiro atoms. The number of halogens is 3. The number of nitrogens with one attached hydrogen (secondary N) is 3. The van der Waals surface area contributed by atoms with Crippen LogP contribution in [-0.2, 0) is 20.4 Å². The molecule has 3 amide bonds. The summed E-state index contributed by atoms with van der Waals surface area (Å²) in [5.41, 5.74) is -0.294. The highest BCUT2D eigenvalue weighted by Gasteiger charge is 2.50. The van der Waals surface area contributed by atoms with Crippen molar-refractivity contribution in [2.75, 3.05) is 23.8 Å². The number of carbonyl (C=O) groups excluding carboxylic acids is 2. The first kappa shape index (κ1) is 21.9. The highest BCUT2D eigenvalue weighted by molar-refractivity contribution is 5.89. The van der Waals surface area contributed by atoms with Crippen molar-refractivity contribution < 1.29 is 37.0 Å². The molecule has 0 aliphatic carbocycles. The standard InChI is InChI=1S/C21H20F3N3O5/c22-21(23,24)12-5-4-8-14(9-12)25-19(28)27-15-10-30-18-16(11-31-17(15)18)32-20(29)26-13-6-2-1-3-7-13/h1-9,15-18H,10-11H2,(H,26,29)(H2,25,27,28)/t15-,16-,17-,18+/m0/s1. The predicted molar refractivity (Wildman–Crippen MR) is 107 cm³/mol. The van der Waals surface area contributed by atoms with Gasteiger partial charge in [0.15, 0.2) is 6.10 Å². The Labute approximate surface area is 181 Å². The van der Waals surface area contributed by atoms with E-state index in [1.54, 1.807) is 24.3 Å². The summed E-state index contributed by atoms with van der Waals surface area (Å²) >= 11 is 0. The Morgan fingerprint density at radius 3 is 2.38 bits per heavy atom. The fourth-order valence-corrected chi connectivity index (χ4v) is 3.60. The van der Waals surface area contributed by atoms with E-state index in [-0.39, 0.29) is 18.9 Å². The maximum atomic E-state index is 12.8. The maximum Gasteiger partial charge on any atom is 0.416 e. The average Bonchev–Trinajstić information content (AvgIpc) is 3.32. The van der Waals surface area contributed by atoms with Crippen molar-refractivity contribution in [3.63, 3.8) is 0 Å². The summed E-state index contributed by atoms with van der Waals surface area (Å²) in [7, 11) is 0. The minimum absolute atomic E-state index is 0.000997. The van der Waals surface area contributed by atoms with E-state index in [4.69, 9.17) is 14.2 Å². The minimum Gasteiger partial charge on any atom is -0.441 e. The first-order valence-electron chi connectivity index (χ1n) is 9.80. The Kier molecular flexibility index (Phi) is 6.19. The van der Waals surface area contributed by atoms with Crippen LogP contribution in [0, 0.1) is 0 Å². The van der Waals surface area contributed by atoms with Gasteiger partial charge in [-0.2, -0.15) is 13.2 Å². The molecule has 4 rings (SSSR count). The maximum absolute atomic E-state index is 12.8. The number of urea groups is 1. The summed E-state index contributed by atoms with van der Waals surface area (Å²) in [5, 5.41) is 7.61. The molecule has 2 aromatic carbocycles. The molecule has 32 heavy (non-hydrogen) atoms. The topological polar surface area (TPSA) is 97.9 Å². The normalized spacial score (nSPS) is 24.5. The number of anilines is 2. The van der Waals surface area contributed by atoms with Gasteiger partial charge in [0.05, 0.1) is 24.8 Å². The van der Waals surface area contributed by atoms with E-state index in [1.165, 1.54) is 12.1 Å². The van der Waals surface area contributed by atoms with Crippen LogP contribution < -0.4 is 16.0 Å². The molecule has 0 unspecified atom stereocenters. The van der Waals surface area contributed by atoms with E-state index in [1.807, 2.05) is 6.07 Å². The van der Waals surface area contributed by atoms with E-state index >= 15 is 0 Å². The molecule has 2 fully saturated rings. The Bertz CT molecular complexity index is 973. The first-order chi connectivity index (χ1) is 15.3. The van der Waals surface area contributed by atoms with E-state index in [0.717, 1.165) is 12.1 Å². The third-order valence-corrected chi connectivity index (χ3v) is 5.05. The van der Waals surface area contributed by atoms with Crippen molar-refractivity contribution >= 4 is 23.5 Å². The van der Waals surface area contributed by atoms with E-state index < -0.39 is 48.2 Å². The van der Waals surface area contributed by atoms with Gasteiger partial charge >= 0.3 is 18.3 Å². The molecule has 8 nitrogen and oxygen atoms in total. The van der Waals surface area contributed by atoms with Crippen LogP contribution in [0.5, 0.6) is 0 Å². The molecule has 4 atom stereocenters. The summed E-state index contributed by atoms with van der Waals surface area (Å²) in [6.07, 6.45) is -6.97. The Hall–Kier alpha value is -3.31. The van der Waals surface area contributed by atoms with Gasteiger partial charge in [0, 0.05) is 11.4 Å². The van der Waals surface area contributed by atoms with Gasteiger partial charge in [0.2, 0.25) is 0 Å². The van der Waals surface area contributed by atoms with Crippen LogP contribution in [0.25, 0.3) is 0 Å². The highest BCUT2D eigenvalue weighted by Crippen LogP contribution is 2.31. The molecule has 2 aliphatic heterocycles. The van der Waals surface area contributed by atoms with Crippen LogP contribution in [-0.4, -0.2) is 49.7 Å². The number of hydrogen-bond acceptors (Lipinski definition) is 5. The van der Waals surface area contributed by atoms with Crippen LogP contribution in [0.15, 0.2) is 54.6 Å². The molecule has 170 valence electrons. The van der Waals surface area contributed by atoms with Crippen LogP contribution in [0.4, 0.5) is 34.1 Å². The van der Waals surface area contributed by atoms with Gasteiger partial charge in [-0.3, -0.25) is 5.32 Å². The third-order valence-electron chi connectivity index (χ3n) is 5.05. The smallest absolute Gasteiger partial charge is 0.416 e. The highest BCUT2D eigenvalue weighted by atomic mass is 19.4. The number of rotatable bonds is 4. The quantitative estimate of drug-likeness (QED) is 0.660. The van der Waals surface area contributed by atoms with Gasteiger partial charge in [0.25, 0.3) is 0 Å². The fourth-order valence-electron chi connectivity index (χ4n) is 3.60. The molecule has 2 saturated heterocycles. The molecule has 0 aromatic heterocycles. The molecule has 0 bridgehead atoms. The van der Waals surface area contributed by atoms with Crippen LogP contribution in [0.2, 0.25) is 0 Å². The second-order valence-corrected chi connectivity index (χ2v) is 7.31. The van der Waals surface area contributed by atoms with Crippen molar-refractivity contribution in [1.29, 1.82) is 0 Å². The lowest BCUT2D eigenvalue weighted by atomic mass is 10.1. The summed E-state index contributed by atoms with van der Waals surface area (Å²) in [4.78, 5) is 24.4. The first-order valence-corrected chi connectivity index (χ1v) is 9.80. The minimum atomic E-state index is -4.51. The van der Waals surface area contributed by atoms with Gasteiger partial charge in [0.1, 0.15) is 12.2 Å². The van der Waals surface area contributed by atoms with Gasteiger partial charge in [-0.1, -0.05) is 24.3 Å². The van der Waals surface area contributed by atoms with E-state index in [9.17, 15) is 22.8 Å². The van der Waals surface area contributed by atoms with Gasteiger partial charge < -0.3 is 24.8 Å². The summed E-state index contributed by atoms with van der Waals surface area (Å²) < 4.78 is 55.2. The Morgan fingerprint density at radius 1 is 0.906 bits per heavy atom. The predicted octanol–water partition coefficient (Wildman–Crippen LogP) is 3.61. The Morgan fingerprint density at radius 2 is 1.62 bits per heavy atom. The lowest BCUT2D eigenvalue weighted by Crippen LogP contribution is -2.46. The molecule has 0 radical (unpaired) electrons. The van der Waals surface area contributed by atoms with Crippen molar-refractivity contribution in [2.45, 2.75) is 30.5 Å². The fraction of sp³-hybridized carbons (Fsp3) is 0.333. The largest absolute Gasteiger partial charge is 0.441 e. The number of fused-ring (bicyclic) bond motifs is 1. The number of carbonyl (C=O) groups is 2. The van der Waals surface area contributed by atoms with Crippen molar-refractivity contribution in [3.8, 4) is 0 Å². The average molecular weight is 451 g/mol. The second-order valence-electron chi connectivity index (χ2n) is 7.31. The van der Waals surface area contributed by atoms with Crippen LogP contribution in [0.1, 0.15) is 5.56 Å². The Balaban J connectivity index is 1.29. The molecule has 11 heteroatoms. The summed E-state index contributed by atoms with van der Waals surface area (Å²) in [6, 6.07) is 11.8. The van der Waals surface area contributed by atoms with Crippen LogP contribution in [0.3, 0.4) is 0 Å². The summed E-state index contributed by atoms with van der Waals surface area (Å²) in [5.74, 6) is 0. The lowest BCUT2D eigenvalue weighted by molar-refractivity contribution is -0.137. The molecule has 2 aromatic rings. The number of ether oxygens (including phenoxy) is 3. The van der Waals surface area contributed by atoms with E-state index in [0.29, 0.717) is 5.69 Å². The molecular formula is C21H20F3N3O5. The van der Waals surface area contributed by atoms with Crippen molar-refractivity contribution in [2.24, 2.45) is 0 Å². The van der Waals surface area contributed by atoms with Gasteiger partial charge in [-0.15, -0.1) is 0 Å². The number of amides is 3. The number of para-hydroxylation sites is 1. The monoisotopic (exact) mass is 451 g/mol. The molecule has 0 saturated carbocycles. The van der Waals surface area contributed by atoms with Crippen molar-refractivity contribution in [3.05, 3.63) is 60.2 Å². The number of benzene rings is 2. The zero-order valence-electron chi connectivity index (χ0n) is 16.6. The van der Waals surface area contributed by atoms with E-state index in [2.05, 4.69) is 16.0 Å². The third kappa shape index (κ3) is 5.11. The molecule has 2 aliphatic rings. The zero-order valence-corrected chi connectivity index (χ0v) is 16.6. The van der Waals surface area contributed by atoms with Gasteiger partial charge in [-0.05, 0) is 30.3 Å². The molecule has 2 heterocycles.